The van der Waals surface area contributed by atoms with Gasteiger partial charge in [-0.2, -0.15) is 0 Å². The van der Waals surface area contributed by atoms with Crippen molar-refractivity contribution in [1.82, 2.24) is 0 Å². The summed E-state index contributed by atoms with van der Waals surface area (Å²) in [7, 11) is 1.61. The molecular weight excluding hydrogens is 268 g/mol. The monoisotopic (exact) mass is 286 g/mol. The average Bonchev–Trinajstić information content (AvgIpc) is 2.34. The Hall–Kier alpha value is -1.30. The largest absolute Gasteiger partial charge is 0.397 e. The number of hydrogen-bond donors (Lipinski definition) is 2. The van der Waals surface area contributed by atoms with Crippen molar-refractivity contribution in [1.29, 1.82) is 0 Å². The summed E-state index contributed by atoms with van der Waals surface area (Å²) < 4.78 is 10.3. The van der Waals surface area contributed by atoms with Gasteiger partial charge in [-0.3, -0.25) is 4.79 Å². The number of carbonyl (C=O) groups is 1. The summed E-state index contributed by atoms with van der Waals surface area (Å²) in [5.74, 6) is -0.133. The van der Waals surface area contributed by atoms with E-state index in [4.69, 9.17) is 26.8 Å². The molecule has 5 nitrogen and oxygen atoms in total. The number of hydrogen-bond acceptors (Lipinski definition) is 4. The van der Waals surface area contributed by atoms with Crippen molar-refractivity contribution in [2.75, 3.05) is 31.4 Å². The van der Waals surface area contributed by atoms with Crippen LogP contribution < -0.4 is 11.1 Å². The summed E-state index contributed by atoms with van der Waals surface area (Å²) in [5.41, 5.74) is 6.70. The van der Waals surface area contributed by atoms with Crippen LogP contribution in [0.2, 0.25) is 5.02 Å². The number of rotatable bonds is 7. The van der Waals surface area contributed by atoms with Gasteiger partial charge in [-0.15, -0.1) is 0 Å². The minimum absolute atomic E-state index is 0.0241. The molecule has 0 saturated carbocycles. The second kappa shape index (κ2) is 7.99. The summed E-state index contributed by atoms with van der Waals surface area (Å²) >= 11 is 5.80. The first-order valence-corrected chi connectivity index (χ1v) is 6.36. The fourth-order valence-corrected chi connectivity index (χ4v) is 1.60. The second-order valence-corrected chi connectivity index (χ2v) is 4.58. The van der Waals surface area contributed by atoms with Gasteiger partial charge in [0.05, 0.1) is 36.4 Å². The van der Waals surface area contributed by atoms with Crippen molar-refractivity contribution in [2.45, 2.75) is 19.4 Å². The fourth-order valence-electron chi connectivity index (χ4n) is 1.48. The minimum Gasteiger partial charge on any atom is -0.397 e. The number of nitrogens with two attached hydrogens (primary N) is 1. The minimum atomic E-state index is -0.133. The van der Waals surface area contributed by atoms with Crippen LogP contribution >= 0.6 is 11.6 Å². The van der Waals surface area contributed by atoms with Crippen molar-refractivity contribution < 1.29 is 14.3 Å². The van der Waals surface area contributed by atoms with Crippen LogP contribution in [0.4, 0.5) is 11.4 Å². The van der Waals surface area contributed by atoms with Crippen LogP contribution in [0.25, 0.3) is 0 Å². The van der Waals surface area contributed by atoms with Crippen LogP contribution in [0.1, 0.15) is 13.3 Å². The van der Waals surface area contributed by atoms with Gasteiger partial charge in [-0.25, -0.2) is 0 Å². The van der Waals surface area contributed by atoms with Crippen LogP contribution in [0.3, 0.4) is 0 Å². The zero-order valence-corrected chi connectivity index (χ0v) is 11.9. The average molecular weight is 287 g/mol. The maximum atomic E-state index is 11.7. The summed E-state index contributed by atoms with van der Waals surface area (Å²) in [5, 5.41) is 3.19. The molecule has 0 fully saturated rings. The first kappa shape index (κ1) is 15.8. The van der Waals surface area contributed by atoms with Gasteiger partial charge in [-0.1, -0.05) is 11.6 Å². The molecule has 1 aromatic rings. The molecule has 1 atom stereocenters. The molecule has 0 aliphatic rings. The highest BCUT2D eigenvalue weighted by Gasteiger charge is 2.06. The maximum absolute atomic E-state index is 11.7. The SMILES string of the molecule is COCC(C)OCCC(=O)Nc1ccc(Cl)c(N)c1. The maximum Gasteiger partial charge on any atom is 0.226 e. The normalized spacial score (nSPS) is 12.2. The van der Waals surface area contributed by atoms with E-state index in [2.05, 4.69) is 5.32 Å². The zero-order chi connectivity index (χ0) is 14.3. The Morgan fingerprint density at radius 2 is 2.26 bits per heavy atom. The van der Waals surface area contributed by atoms with Gasteiger partial charge in [0, 0.05) is 12.8 Å². The predicted octanol–water partition coefficient (Wildman–Crippen LogP) is 2.30. The van der Waals surface area contributed by atoms with Crippen molar-refractivity contribution >= 4 is 28.9 Å². The summed E-state index contributed by atoms with van der Waals surface area (Å²) in [6, 6.07) is 4.96. The molecule has 19 heavy (non-hydrogen) atoms. The van der Waals surface area contributed by atoms with Crippen LogP contribution in [0, 0.1) is 0 Å². The van der Waals surface area contributed by atoms with Crippen molar-refractivity contribution in [3.8, 4) is 0 Å². The lowest BCUT2D eigenvalue weighted by Gasteiger charge is -2.12. The number of carbonyl (C=O) groups excluding carboxylic acids is 1. The molecule has 1 aromatic carbocycles. The summed E-state index contributed by atoms with van der Waals surface area (Å²) in [6.07, 6.45) is 0.250. The number of nitrogen functional groups attached to an aromatic ring is 1. The molecule has 106 valence electrons. The van der Waals surface area contributed by atoms with Gasteiger partial charge >= 0.3 is 0 Å². The molecule has 1 unspecified atom stereocenters. The van der Waals surface area contributed by atoms with E-state index in [0.29, 0.717) is 29.6 Å². The number of methoxy groups -OCH3 is 1. The van der Waals surface area contributed by atoms with Gasteiger partial charge in [-0.05, 0) is 25.1 Å². The van der Waals surface area contributed by atoms with Crippen LogP contribution in [-0.2, 0) is 14.3 Å². The molecule has 0 heterocycles. The third kappa shape index (κ3) is 5.92. The third-order valence-electron chi connectivity index (χ3n) is 2.41. The molecule has 0 radical (unpaired) electrons. The Labute approximate surface area is 118 Å². The zero-order valence-electron chi connectivity index (χ0n) is 11.1. The Kier molecular flexibility index (Phi) is 6.62. The van der Waals surface area contributed by atoms with E-state index in [1.165, 1.54) is 0 Å². The third-order valence-corrected chi connectivity index (χ3v) is 2.76. The summed E-state index contributed by atoms with van der Waals surface area (Å²) in [6.45, 7) is 2.75. The van der Waals surface area contributed by atoms with E-state index < -0.39 is 0 Å². The van der Waals surface area contributed by atoms with E-state index in [0.717, 1.165) is 0 Å². The molecule has 0 bridgehead atoms. The Morgan fingerprint density at radius 1 is 1.53 bits per heavy atom. The molecule has 1 amide bonds. The number of amides is 1. The van der Waals surface area contributed by atoms with Gasteiger partial charge in [0.25, 0.3) is 0 Å². The van der Waals surface area contributed by atoms with Crippen LogP contribution in [0.15, 0.2) is 18.2 Å². The molecule has 0 saturated heterocycles. The highest BCUT2D eigenvalue weighted by atomic mass is 35.5. The highest BCUT2D eigenvalue weighted by Crippen LogP contribution is 2.22. The standard InChI is InChI=1S/C13H19ClN2O3/c1-9(8-18-2)19-6-5-13(17)16-10-3-4-11(14)12(15)7-10/h3-4,7,9H,5-6,8,15H2,1-2H3,(H,16,17). The van der Waals surface area contributed by atoms with Gasteiger partial charge < -0.3 is 20.5 Å². The molecule has 0 aliphatic heterocycles. The molecule has 3 N–H and O–H groups in total. The smallest absolute Gasteiger partial charge is 0.226 e. The first-order valence-electron chi connectivity index (χ1n) is 5.98. The summed E-state index contributed by atoms with van der Waals surface area (Å²) in [4.78, 5) is 11.7. The molecule has 1 rings (SSSR count). The molecule has 0 spiro atoms. The van der Waals surface area contributed by atoms with Crippen LogP contribution in [0.5, 0.6) is 0 Å². The Morgan fingerprint density at radius 3 is 2.89 bits per heavy atom. The van der Waals surface area contributed by atoms with E-state index in [-0.39, 0.29) is 18.4 Å². The topological polar surface area (TPSA) is 73.6 Å². The van der Waals surface area contributed by atoms with E-state index >= 15 is 0 Å². The highest BCUT2D eigenvalue weighted by molar-refractivity contribution is 6.33. The second-order valence-electron chi connectivity index (χ2n) is 4.17. The predicted molar refractivity (Wildman–Crippen MR) is 76.4 cm³/mol. The van der Waals surface area contributed by atoms with E-state index in [1.807, 2.05) is 6.92 Å². The van der Waals surface area contributed by atoms with Gasteiger partial charge in [0.2, 0.25) is 5.91 Å². The molecule has 0 aromatic heterocycles. The number of benzene rings is 1. The lowest BCUT2D eigenvalue weighted by Crippen LogP contribution is -2.19. The van der Waals surface area contributed by atoms with Gasteiger partial charge in [0.1, 0.15) is 0 Å². The van der Waals surface area contributed by atoms with E-state index in [1.54, 1.807) is 25.3 Å². The first-order chi connectivity index (χ1) is 9.02. The lowest BCUT2D eigenvalue weighted by atomic mass is 10.2. The Balaban J connectivity index is 2.33. The quantitative estimate of drug-likeness (QED) is 0.754. The number of ether oxygens (including phenoxy) is 2. The molecule has 0 aliphatic carbocycles. The molecular formula is C13H19ClN2O3. The lowest BCUT2D eigenvalue weighted by molar-refractivity contribution is -0.117. The fraction of sp³-hybridized carbons (Fsp3) is 0.462. The molecule has 6 heteroatoms. The van der Waals surface area contributed by atoms with Crippen molar-refractivity contribution in [3.05, 3.63) is 23.2 Å². The Bertz CT molecular complexity index is 426. The van der Waals surface area contributed by atoms with Crippen molar-refractivity contribution in [3.63, 3.8) is 0 Å². The van der Waals surface area contributed by atoms with Crippen LogP contribution in [-0.4, -0.2) is 32.3 Å². The number of halogens is 1. The van der Waals surface area contributed by atoms with E-state index in [9.17, 15) is 4.79 Å². The number of anilines is 2. The van der Waals surface area contributed by atoms with Gasteiger partial charge in [0.15, 0.2) is 0 Å². The van der Waals surface area contributed by atoms with Crippen molar-refractivity contribution in [2.24, 2.45) is 0 Å². The number of nitrogens with one attached hydrogen (secondary N) is 1.